The molecular weight excluding hydrogens is 210 g/mol. The molecule has 0 aromatic rings. The summed E-state index contributed by atoms with van der Waals surface area (Å²) in [6, 6.07) is 0.204. The van der Waals surface area contributed by atoms with Crippen LogP contribution in [0.3, 0.4) is 0 Å². The molecule has 15 heavy (non-hydrogen) atoms. The number of amides is 2. The van der Waals surface area contributed by atoms with E-state index in [4.69, 9.17) is 18.0 Å². The van der Waals surface area contributed by atoms with E-state index < -0.39 is 0 Å². The quantitative estimate of drug-likeness (QED) is 0.740. The topological polar surface area (TPSA) is 49.6 Å². The van der Waals surface area contributed by atoms with Crippen LogP contribution in [0.2, 0.25) is 0 Å². The Kier molecular flexibility index (Phi) is 4.32. The van der Waals surface area contributed by atoms with Crippen LogP contribution >= 0.6 is 12.2 Å². The van der Waals surface area contributed by atoms with E-state index in [9.17, 15) is 4.79 Å². The van der Waals surface area contributed by atoms with E-state index in [1.54, 1.807) is 4.90 Å². The zero-order valence-electron chi connectivity index (χ0n) is 9.40. The number of nitrogens with two attached hydrogens (primary N) is 1. The summed E-state index contributed by atoms with van der Waals surface area (Å²) in [6.45, 7) is 6.06. The molecule has 0 bridgehead atoms. The molecule has 0 saturated carbocycles. The number of nitrogens with zero attached hydrogens (tertiary/aromatic N) is 2. The van der Waals surface area contributed by atoms with Gasteiger partial charge in [0, 0.05) is 19.1 Å². The van der Waals surface area contributed by atoms with Crippen LogP contribution in [-0.4, -0.2) is 46.5 Å². The third-order valence-electron chi connectivity index (χ3n) is 2.57. The summed E-state index contributed by atoms with van der Waals surface area (Å²) in [5.74, 6) is 0. The van der Waals surface area contributed by atoms with E-state index in [1.807, 2.05) is 18.7 Å². The molecule has 0 atom stereocenters. The zero-order chi connectivity index (χ0) is 11.4. The average molecular weight is 229 g/mol. The number of thiocarbonyl (C=S) groups is 1. The van der Waals surface area contributed by atoms with E-state index >= 15 is 0 Å². The monoisotopic (exact) mass is 229 g/mol. The smallest absolute Gasteiger partial charge is 0.320 e. The van der Waals surface area contributed by atoms with Crippen LogP contribution in [0.15, 0.2) is 0 Å². The van der Waals surface area contributed by atoms with Crippen LogP contribution < -0.4 is 5.73 Å². The van der Waals surface area contributed by atoms with Gasteiger partial charge in [0.1, 0.15) is 0 Å². The molecule has 0 aliphatic carbocycles. The molecule has 2 N–H and O–H groups in total. The zero-order valence-corrected chi connectivity index (χ0v) is 10.2. The highest BCUT2D eigenvalue weighted by molar-refractivity contribution is 7.80. The fourth-order valence-electron chi connectivity index (χ4n) is 1.73. The second-order valence-corrected chi connectivity index (χ2v) is 4.69. The van der Waals surface area contributed by atoms with Crippen molar-refractivity contribution in [1.29, 1.82) is 0 Å². The second kappa shape index (κ2) is 5.30. The van der Waals surface area contributed by atoms with E-state index in [0.29, 0.717) is 11.5 Å². The molecule has 1 heterocycles. The lowest BCUT2D eigenvalue weighted by Gasteiger charge is -2.30. The van der Waals surface area contributed by atoms with Gasteiger partial charge in [-0.25, -0.2) is 4.79 Å². The van der Waals surface area contributed by atoms with Crippen LogP contribution in [0.5, 0.6) is 0 Å². The molecule has 1 rings (SSSR count). The number of urea groups is 1. The molecule has 0 aromatic carbocycles. The standard InChI is InChI=1S/C10H19N3OS/c1-8(2)13(7-9(11)15)10(14)12-5-3-4-6-12/h8H,3-7H2,1-2H3,(H2,11,15). The number of likely N-dealkylation sites (tertiary alicyclic amines) is 1. The van der Waals surface area contributed by atoms with Crippen LogP contribution in [0.25, 0.3) is 0 Å². The third kappa shape index (κ3) is 3.34. The molecule has 4 nitrogen and oxygen atoms in total. The molecule has 1 fully saturated rings. The first-order chi connectivity index (χ1) is 7.02. The molecule has 1 aliphatic heterocycles. The van der Waals surface area contributed by atoms with Crippen molar-refractivity contribution in [2.24, 2.45) is 5.73 Å². The third-order valence-corrected chi connectivity index (χ3v) is 2.70. The highest BCUT2D eigenvalue weighted by Gasteiger charge is 2.25. The van der Waals surface area contributed by atoms with Gasteiger partial charge in [-0.2, -0.15) is 0 Å². The Bertz CT molecular complexity index is 249. The average Bonchev–Trinajstić information content (AvgIpc) is 2.65. The van der Waals surface area contributed by atoms with Gasteiger partial charge in [0.15, 0.2) is 0 Å². The molecule has 0 aromatic heterocycles. The van der Waals surface area contributed by atoms with Crippen molar-refractivity contribution in [2.75, 3.05) is 19.6 Å². The minimum Gasteiger partial charge on any atom is -0.392 e. The van der Waals surface area contributed by atoms with E-state index in [1.165, 1.54) is 0 Å². The van der Waals surface area contributed by atoms with Crippen molar-refractivity contribution >= 4 is 23.2 Å². The maximum atomic E-state index is 12.1. The SMILES string of the molecule is CC(C)N(CC(N)=S)C(=O)N1CCCC1. The van der Waals surface area contributed by atoms with Crippen molar-refractivity contribution in [3.63, 3.8) is 0 Å². The summed E-state index contributed by atoms with van der Waals surface area (Å²) in [6.07, 6.45) is 2.20. The van der Waals surface area contributed by atoms with Crippen molar-refractivity contribution in [1.82, 2.24) is 9.80 Å². The Hall–Kier alpha value is -0.840. The van der Waals surface area contributed by atoms with Gasteiger partial charge in [-0.15, -0.1) is 0 Å². The predicted molar refractivity (Wildman–Crippen MR) is 64.8 cm³/mol. The first kappa shape index (κ1) is 12.2. The van der Waals surface area contributed by atoms with Gasteiger partial charge in [0.2, 0.25) is 0 Å². The van der Waals surface area contributed by atoms with Gasteiger partial charge in [0.05, 0.1) is 11.5 Å². The second-order valence-electron chi connectivity index (χ2n) is 4.16. The van der Waals surface area contributed by atoms with E-state index in [0.717, 1.165) is 25.9 Å². The first-order valence-electron chi connectivity index (χ1n) is 5.36. The van der Waals surface area contributed by atoms with Crippen LogP contribution in [0, 0.1) is 0 Å². The van der Waals surface area contributed by atoms with Crippen molar-refractivity contribution in [2.45, 2.75) is 32.7 Å². The highest BCUT2D eigenvalue weighted by Crippen LogP contribution is 2.12. The maximum Gasteiger partial charge on any atom is 0.320 e. The summed E-state index contributed by atoms with van der Waals surface area (Å²) in [4.78, 5) is 16.0. The maximum absolute atomic E-state index is 12.1. The van der Waals surface area contributed by atoms with Gasteiger partial charge in [-0.05, 0) is 26.7 Å². The number of carbonyl (C=O) groups excluding carboxylic acids is 1. The van der Waals surface area contributed by atoms with Crippen molar-refractivity contribution < 1.29 is 4.79 Å². The predicted octanol–water partition coefficient (Wildman–Crippen LogP) is 1.20. The number of carbonyl (C=O) groups is 1. The fourth-order valence-corrected chi connectivity index (χ4v) is 1.87. The van der Waals surface area contributed by atoms with Crippen LogP contribution in [-0.2, 0) is 0 Å². The number of rotatable bonds is 3. The van der Waals surface area contributed by atoms with Gasteiger partial charge < -0.3 is 15.5 Å². The Labute approximate surface area is 96.4 Å². The van der Waals surface area contributed by atoms with Crippen LogP contribution in [0.4, 0.5) is 4.79 Å². The molecule has 0 unspecified atom stereocenters. The molecule has 0 radical (unpaired) electrons. The number of hydrogen-bond acceptors (Lipinski definition) is 2. The summed E-state index contributed by atoms with van der Waals surface area (Å²) < 4.78 is 0. The Morgan fingerprint density at radius 3 is 2.40 bits per heavy atom. The lowest BCUT2D eigenvalue weighted by atomic mass is 10.3. The lowest BCUT2D eigenvalue weighted by molar-refractivity contribution is 0.157. The molecule has 2 amide bonds. The lowest BCUT2D eigenvalue weighted by Crippen LogP contribution is -2.48. The molecule has 5 heteroatoms. The minimum atomic E-state index is 0.0651. The molecular formula is C10H19N3OS. The molecule has 1 saturated heterocycles. The number of hydrogen-bond donors (Lipinski definition) is 1. The normalized spacial score (nSPS) is 15.8. The van der Waals surface area contributed by atoms with Crippen LogP contribution in [0.1, 0.15) is 26.7 Å². The van der Waals surface area contributed by atoms with Gasteiger partial charge in [-0.1, -0.05) is 12.2 Å². The summed E-state index contributed by atoms with van der Waals surface area (Å²) in [5.41, 5.74) is 5.49. The van der Waals surface area contributed by atoms with Gasteiger partial charge in [-0.3, -0.25) is 0 Å². The first-order valence-corrected chi connectivity index (χ1v) is 5.77. The Morgan fingerprint density at radius 2 is 2.00 bits per heavy atom. The summed E-state index contributed by atoms with van der Waals surface area (Å²) >= 11 is 4.85. The van der Waals surface area contributed by atoms with Crippen molar-refractivity contribution in [3.05, 3.63) is 0 Å². The van der Waals surface area contributed by atoms with Gasteiger partial charge >= 0.3 is 6.03 Å². The minimum absolute atomic E-state index is 0.0651. The molecule has 0 spiro atoms. The largest absolute Gasteiger partial charge is 0.392 e. The fraction of sp³-hybridized carbons (Fsp3) is 0.800. The van der Waals surface area contributed by atoms with E-state index in [-0.39, 0.29) is 12.1 Å². The van der Waals surface area contributed by atoms with Crippen molar-refractivity contribution in [3.8, 4) is 0 Å². The van der Waals surface area contributed by atoms with Gasteiger partial charge in [0.25, 0.3) is 0 Å². The molecule has 86 valence electrons. The highest BCUT2D eigenvalue weighted by atomic mass is 32.1. The Balaban J connectivity index is 2.61. The Morgan fingerprint density at radius 1 is 1.47 bits per heavy atom. The van der Waals surface area contributed by atoms with E-state index in [2.05, 4.69) is 0 Å². The summed E-state index contributed by atoms with van der Waals surface area (Å²) in [7, 11) is 0. The molecule has 1 aliphatic rings. The summed E-state index contributed by atoms with van der Waals surface area (Å²) in [5, 5.41) is 0.